The monoisotopic (exact) mass is 639 g/mol. The summed E-state index contributed by atoms with van der Waals surface area (Å²) in [5, 5.41) is 3.50. The molecule has 0 spiro atoms. The lowest BCUT2D eigenvalue weighted by molar-refractivity contribution is 0.631. The Labute approximate surface area is 292 Å². The van der Waals surface area contributed by atoms with Crippen LogP contribution in [0.5, 0.6) is 0 Å². The highest BCUT2D eigenvalue weighted by Crippen LogP contribution is 2.38. The maximum Gasteiger partial charge on any atom is 0.135 e. The molecular formula is C48H33NO. The summed E-state index contributed by atoms with van der Waals surface area (Å²) in [5.41, 5.74) is 12.5. The Morgan fingerprint density at radius 2 is 0.780 bits per heavy atom. The number of fused-ring (bicyclic) bond motifs is 2. The highest BCUT2D eigenvalue weighted by Gasteiger charge is 2.14. The number of hydrogen-bond donors (Lipinski definition) is 0. The van der Waals surface area contributed by atoms with Gasteiger partial charge in [-0.25, -0.2) is 0 Å². The second-order valence-corrected chi connectivity index (χ2v) is 12.6. The van der Waals surface area contributed by atoms with Crippen molar-refractivity contribution in [3.63, 3.8) is 0 Å². The van der Waals surface area contributed by atoms with Crippen molar-refractivity contribution in [3.8, 4) is 44.7 Å². The van der Waals surface area contributed by atoms with Gasteiger partial charge in [0.15, 0.2) is 0 Å². The van der Waals surface area contributed by atoms with Crippen molar-refractivity contribution in [3.05, 3.63) is 200 Å². The Bertz CT molecular complexity index is 2550. The molecule has 0 aliphatic rings. The average Bonchev–Trinajstić information content (AvgIpc) is 3.64. The van der Waals surface area contributed by atoms with Crippen molar-refractivity contribution in [2.45, 2.75) is 0 Å². The SMILES string of the molecule is c1ccc(-c2cccc(-c3ccc(N(c4ccccc4)c4ccc5cc(-c6cccc(-c7cc8ccccc8o7)c6)ccc5c4)cc3)c2)cc1. The summed E-state index contributed by atoms with van der Waals surface area (Å²) in [6.07, 6.45) is 0. The third-order valence-electron chi connectivity index (χ3n) is 9.43. The fourth-order valence-electron chi connectivity index (χ4n) is 6.86. The van der Waals surface area contributed by atoms with Crippen LogP contribution in [0.2, 0.25) is 0 Å². The van der Waals surface area contributed by atoms with E-state index in [0.29, 0.717) is 0 Å². The van der Waals surface area contributed by atoms with Crippen LogP contribution in [0.25, 0.3) is 66.4 Å². The molecule has 50 heavy (non-hydrogen) atoms. The lowest BCUT2D eigenvalue weighted by atomic mass is 9.98. The molecule has 0 aliphatic carbocycles. The van der Waals surface area contributed by atoms with Crippen LogP contribution in [0.4, 0.5) is 17.1 Å². The van der Waals surface area contributed by atoms with Gasteiger partial charge in [-0.1, -0.05) is 133 Å². The zero-order valence-corrected chi connectivity index (χ0v) is 27.4. The molecule has 0 fully saturated rings. The highest BCUT2D eigenvalue weighted by molar-refractivity contribution is 5.93. The first-order valence-electron chi connectivity index (χ1n) is 17.0. The van der Waals surface area contributed by atoms with Crippen molar-refractivity contribution >= 4 is 38.8 Å². The first-order valence-corrected chi connectivity index (χ1v) is 17.0. The maximum atomic E-state index is 6.17. The molecule has 0 unspecified atom stereocenters. The van der Waals surface area contributed by atoms with Crippen molar-refractivity contribution in [2.75, 3.05) is 4.90 Å². The molecule has 0 atom stereocenters. The Morgan fingerprint density at radius 3 is 1.54 bits per heavy atom. The van der Waals surface area contributed by atoms with E-state index < -0.39 is 0 Å². The van der Waals surface area contributed by atoms with E-state index in [4.69, 9.17) is 4.42 Å². The van der Waals surface area contributed by atoms with E-state index >= 15 is 0 Å². The van der Waals surface area contributed by atoms with E-state index in [1.54, 1.807) is 0 Å². The summed E-state index contributed by atoms with van der Waals surface area (Å²) in [4.78, 5) is 2.33. The second-order valence-electron chi connectivity index (χ2n) is 12.6. The van der Waals surface area contributed by atoms with Crippen LogP contribution in [-0.4, -0.2) is 0 Å². The first-order chi connectivity index (χ1) is 24.7. The van der Waals surface area contributed by atoms with Gasteiger partial charge in [0.05, 0.1) is 0 Å². The second kappa shape index (κ2) is 12.8. The molecule has 0 aliphatic heterocycles. The maximum absolute atomic E-state index is 6.17. The molecule has 8 aromatic carbocycles. The first kappa shape index (κ1) is 29.5. The molecule has 9 rings (SSSR count). The predicted molar refractivity (Wildman–Crippen MR) is 210 cm³/mol. The summed E-state index contributed by atoms with van der Waals surface area (Å²) in [6.45, 7) is 0. The standard InChI is InChI=1S/C48H33NO/c1-3-11-34(12-4-1)36-14-9-15-37(29-36)35-23-26-45(27-24-35)49(44-18-5-2-6-19-44)46-28-25-40-30-39(21-22-41(40)32-46)38-16-10-17-42(31-38)48-33-43-13-7-8-20-47(43)50-48/h1-33H. The van der Waals surface area contributed by atoms with Gasteiger partial charge in [-0.05, 0) is 111 Å². The van der Waals surface area contributed by atoms with Crippen LogP contribution >= 0.6 is 0 Å². The molecule has 1 heterocycles. The molecule has 0 amide bonds. The van der Waals surface area contributed by atoms with Gasteiger partial charge in [0.2, 0.25) is 0 Å². The zero-order valence-electron chi connectivity index (χ0n) is 27.4. The summed E-state index contributed by atoms with van der Waals surface area (Å²) in [6, 6.07) is 71.1. The number of benzene rings is 8. The highest BCUT2D eigenvalue weighted by atomic mass is 16.3. The summed E-state index contributed by atoms with van der Waals surface area (Å²) < 4.78 is 6.17. The van der Waals surface area contributed by atoms with Gasteiger partial charge in [0, 0.05) is 28.0 Å². The normalized spacial score (nSPS) is 11.2. The van der Waals surface area contributed by atoms with E-state index in [2.05, 4.69) is 187 Å². The van der Waals surface area contributed by atoms with Gasteiger partial charge in [-0.2, -0.15) is 0 Å². The number of para-hydroxylation sites is 2. The van der Waals surface area contributed by atoms with Gasteiger partial charge < -0.3 is 9.32 Å². The van der Waals surface area contributed by atoms with Crippen LogP contribution < -0.4 is 4.90 Å². The summed E-state index contributed by atoms with van der Waals surface area (Å²) >= 11 is 0. The third kappa shape index (κ3) is 5.74. The molecule has 2 heteroatoms. The smallest absolute Gasteiger partial charge is 0.135 e. The van der Waals surface area contributed by atoms with Gasteiger partial charge in [-0.15, -0.1) is 0 Å². The van der Waals surface area contributed by atoms with E-state index in [0.717, 1.165) is 44.9 Å². The van der Waals surface area contributed by atoms with Gasteiger partial charge in [-0.3, -0.25) is 0 Å². The molecule has 0 bridgehead atoms. The van der Waals surface area contributed by atoms with E-state index in [1.165, 1.54) is 38.6 Å². The number of nitrogens with zero attached hydrogens (tertiary/aromatic N) is 1. The van der Waals surface area contributed by atoms with E-state index in [1.807, 2.05) is 18.2 Å². The van der Waals surface area contributed by atoms with Gasteiger partial charge in [0.1, 0.15) is 11.3 Å². The molecule has 0 saturated heterocycles. The van der Waals surface area contributed by atoms with E-state index in [9.17, 15) is 0 Å². The molecule has 0 N–H and O–H groups in total. The van der Waals surface area contributed by atoms with E-state index in [-0.39, 0.29) is 0 Å². The number of anilines is 3. The molecule has 0 radical (unpaired) electrons. The summed E-state index contributed by atoms with van der Waals surface area (Å²) in [5.74, 6) is 0.883. The largest absolute Gasteiger partial charge is 0.456 e. The number of furan rings is 1. The number of hydrogen-bond acceptors (Lipinski definition) is 2. The third-order valence-corrected chi connectivity index (χ3v) is 9.43. The zero-order chi connectivity index (χ0) is 33.3. The molecule has 9 aromatic rings. The predicted octanol–water partition coefficient (Wildman–Crippen LogP) is 13.7. The van der Waals surface area contributed by atoms with Crippen molar-refractivity contribution < 1.29 is 4.42 Å². The minimum atomic E-state index is 0.883. The minimum Gasteiger partial charge on any atom is -0.456 e. The Balaban J connectivity index is 1.04. The van der Waals surface area contributed by atoms with Gasteiger partial charge >= 0.3 is 0 Å². The molecular weight excluding hydrogens is 607 g/mol. The van der Waals surface area contributed by atoms with Crippen LogP contribution in [0.1, 0.15) is 0 Å². The topological polar surface area (TPSA) is 16.4 Å². The fourth-order valence-corrected chi connectivity index (χ4v) is 6.86. The molecule has 0 saturated carbocycles. The molecule has 2 nitrogen and oxygen atoms in total. The summed E-state index contributed by atoms with van der Waals surface area (Å²) in [7, 11) is 0. The number of rotatable bonds is 7. The Hall–Kier alpha value is -6.64. The van der Waals surface area contributed by atoms with Crippen molar-refractivity contribution in [1.29, 1.82) is 0 Å². The average molecular weight is 640 g/mol. The molecule has 236 valence electrons. The molecule has 1 aromatic heterocycles. The quantitative estimate of drug-likeness (QED) is 0.173. The van der Waals surface area contributed by atoms with Crippen LogP contribution in [-0.2, 0) is 0 Å². The lowest BCUT2D eigenvalue weighted by Gasteiger charge is -2.26. The minimum absolute atomic E-state index is 0.883. The Kier molecular flexibility index (Phi) is 7.53. The van der Waals surface area contributed by atoms with Crippen LogP contribution in [0, 0.1) is 0 Å². The van der Waals surface area contributed by atoms with Gasteiger partial charge in [0.25, 0.3) is 0 Å². The fraction of sp³-hybridized carbons (Fsp3) is 0. The Morgan fingerprint density at radius 1 is 0.280 bits per heavy atom. The van der Waals surface area contributed by atoms with Crippen molar-refractivity contribution in [2.24, 2.45) is 0 Å². The van der Waals surface area contributed by atoms with Crippen molar-refractivity contribution in [1.82, 2.24) is 0 Å². The lowest BCUT2D eigenvalue weighted by Crippen LogP contribution is -2.09. The van der Waals surface area contributed by atoms with Crippen LogP contribution in [0.15, 0.2) is 205 Å². The van der Waals surface area contributed by atoms with Crippen LogP contribution in [0.3, 0.4) is 0 Å².